The van der Waals surface area contributed by atoms with Gasteiger partial charge in [0.2, 0.25) is 5.91 Å². The molecule has 0 aliphatic heterocycles. The molecule has 0 bridgehead atoms. The first-order chi connectivity index (χ1) is 29.5. The molecule has 0 aliphatic rings. The van der Waals surface area contributed by atoms with E-state index in [4.69, 9.17) is 4.74 Å². The van der Waals surface area contributed by atoms with Gasteiger partial charge in [-0.2, -0.15) is 0 Å². The molecule has 2 atom stereocenters. The van der Waals surface area contributed by atoms with Gasteiger partial charge in [0.1, 0.15) is 0 Å². The highest BCUT2D eigenvalue weighted by Crippen LogP contribution is 2.17. The van der Waals surface area contributed by atoms with Crippen molar-refractivity contribution < 1.29 is 24.5 Å². The highest BCUT2D eigenvalue weighted by molar-refractivity contribution is 5.76. The number of hydrogen-bond acceptors (Lipinski definition) is 5. The van der Waals surface area contributed by atoms with E-state index in [1.54, 1.807) is 0 Å². The summed E-state index contributed by atoms with van der Waals surface area (Å²) in [5.41, 5.74) is 0. The molecule has 0 radical (unpaired) electrons. The standard InChI is InChI=1S/C54H107NO5/c1-3-5-7-9-11-13-15-17-19-20-21-22-23-26-30-34-38-42-46-52(57)51(50-56)55-53(58)47-43-39-35-31-27-25-29-33-37-41-45-49-60-54(59)48-44-40-36-32-28-24-18-16-14-12-10-8-6-4-2/h51-52,56-57H,3-50H2,1-2H3,(H,55,58). The molecule has 0 spiro atoms. The second kappa shape index (κ2) is 50.5. The molecule has 0 aliphatic carbocycles. The number of aliphatic hydroxyl groups excluding tert-OH is 2. The number of rotatable bonds is 51. The Kier molecular flexibility index (Phi) is 49.5. The van der Waals surface area contributed by atoms with Crippen LogP contribution in [0.3, 0.4) is 0 Å². The summed E-state index contributed by atoms with van der Waals surface area (Å²) in [6.45, 7) is 4.94. The third-order valence-corrected chi connectivity index (χ3v) is 12.9. The molecule has 2 unspecified atom stereocenters. The largest absolute Gasteiger partial charge is 0.466 e. The maximum Gasteiger partial charge on any atom is 0.305 e. The van der Waals surface area contributed by atoms with Crippen molar-refractivity contribution in [1.82, 2.24) is 5.32 Å². The van der Waals surface area contributed by atoms with Gasteiger partial charge in [0.05, 0.1) is 25.4 Å². The predicted octanol–water partition coefficient (Wildman–Crippen LogP) is 16.4. The summed E-state index contributed by atoms with van der Waals surface area (Å²) >= 11 is 0. The molecule has 60 heavy (non-hydrogen) atoms. The van der Waals surface area contributed by atoms with E-state index in [2.05, 4.69) is 19.2 Å². The van der Waals surface area contributed by atoms with E-state index < -0.39 is 12.1 Å². The molecule has 0 saturated heterocycles. The summed E-state index contributed by atoms with van der Waals surface area (Å²) in [5, 5.41) is 23.3. The second-order valence-corrected chi connectivity index (χ2v) is 18.9. The Hall–Kier alpha value is -1.14. The predicted molar refractivity (Wildman–Crippen MR) is 260 cm³/mol. The van der Waals surface area contributed by atoms with Gasteiger partial charge in [-0.25, -0.2) is 0 Å². The van der Waals surface area contributed by atoms with Crippen molar-refractivity contribution in [3.05, 3.63) is 0 Å². The zero-order valence-corrected chi connectivity index (χ0v) is 40.7. The van der Waals surface area contributed by atoms with Gasteiger partial charge in [-0.3, -0.25) is 9.59 Å². The van der Waals surface area contributed by atoms with Crippen molar-refractivity contribution in [2.24, 2.45) is 0 Å². The Morgan fingerprint density at radius 3 is 1.02 bits per heavy atom. The molecule has 6 nitrogen and oxygen atoms in total. The van der Waals surface area contributed by atoms with E-state index in [0.29, 0.717) is 25.9 Å². The van der Waals surface area contributed by atoms with Gasteiger partial charge in [-0.1, -0.05) is 271 Å². The zero-order valence-electron chi connectivity index (χ0n) is 40.7. The first kappa shape index (κ1) is 58.9. The van der Waals surface area contributed by atoms with Crippen LogP contribution in [-0.4, -0.2) is 47.4 Å². The minimum absolute atomic E-state index is 0.0103. The second-order valence-electron chi connectivity index (χ2n) is 18.9. The number of hydrogen-bond donors (Lipinski definition) is 3. The first-order valence-corrected chi connectivity index (χ1v) is 27.3. The summed E-state index contributed by atoms with van der Waals surface area (Å²) in [5.74, 6) is -0.0606. The highest BCUT2D eigenvalue weighted by atomic mass is 16.5. The van der Waals surface area contributed by atoms with E-state index in [-0.39, 0.29) is 18.5 Å². The lowest BCUT2D eigenvalue weighted by Crippen LogP contribution is -2.45. The molecule has 358 valence electrons. The van der Waals surface area contributed by atoms with Crippen LogP contribution in [0, 0.1) is 0 Å². The van der Waals surface area contributed by atoms with E-state index in [1.807, 2.05) is 0 Å². The molecule has 0 aromatic carbocycles. The molecule has 0 aromatic rings. The van der Waals surface area contributed by atoms with E-state index in [9.17, 15) is 19.8 Å². The van der Waals surface area contributed by atoms with Gasteiger partial charge in [0.25, 0.3) is 0 Å². The first-order valence-electron chi connectivity index (χ1n) is 27.3. The normalized spacial score (nSPS) is 12.5. The highest BCUT2D eigenvalue weighted by Gasteiger charge is 2.20. The van der Waals surface area contributed by atoms with Crippen molar-refractivity contribution in [1.29, 1.82) is 0 Å². The summed E-state index contributed by atoms with van der Waals surface area (Å²) < 4.78 is 5.46. The fraction of sp³-hybridized carbons (Fsp3) is 0.963. The molecule has 0 aromatic heterocycles. The molecule has 6 heteroatoms. The Balaban J connectivity index is 3.45. The number of carbonyl (C=O) groups is 2. The maximum absolute atomic E-state index is 12.5. The van der Waals surface area contributed by atoms with Crippen LogP contribution >= 0.6 is 0 Å². The summed E-state index contributed by atoms with van der Waals surface area (Å²) in [6.07, 6.45) is 56.4. The lowest BCUT2D eigenvalue weighted by Gasteiger charge is -2.22. The number of nitrogens with one attached hydrogen (secondary N) is 1. The maximum atomic E-state index is 12.5. The van der Waals surface area contributed by atoms with E-state index in [1.165, 1.54) is 218 Å². The quantitative estimate of drug-likeness (QED) is 0.0418. The molecule has 0 saturated carbocycles. The SMILES string of the molecule is CCCCCCCCCCCCCCCCCCCCC(O)C(CO)NC(=O)CCCCCCCCCCCCCOC(=O)CCCCCCCCCCCCCCCC. The average Bonchev–Trinajstić information content (AvgIpc) is 3.25. The van der Waals surface area contributed by atoms with Crippen LogP contribution in [0.5, 0.6) is 0 Å². The third kappa shape index (κ3) is 46.4. The van der Waals surface area contributed by atoms with Crippen molar-refractivity contribution in [2.45, 2.75) is 321 Å². The fourth-order valence-corrected chi connectivity index (χ4v) is 8.70. The summed E-state index contributed by atoms with van der Waals surface area (Å²) in [6, 6.07) is -0.554. The third-order valence-electron chi connectivity index (χ3n) is 12.9. The monoisotopic (exact) mass is 850 g/mol. The topological polar surface area (TPSA) is 95.9 Å². The number of aliphatic hydroxyl groups is 2. The zero-order chi connectivity index (χ0) is 43.7. The lowest BCUT2D eigenvalue weighted by atomic mass is 10.0. The Labute approximate surface area is 375 Å². The van der Waals surface area contributed by atoms with Crippen LogP contribution in [0.25, 0.3) is 0 Å². The van der Waals surface area contributed by atoms with Crippen LogP contribution in [0.15, 0.2) is 0 Å². The summed E-state index contributed by atoms with van der Waals surface area (Å²) in [7, 11) is 0. The van der Waals surface area contributed by atoms with Crippen molar-refractivity contribution in [3.8, 4) is 0 Å². The van der Waals surface area contributed by atoms with Gasteiger partial charge in [-0.05, 0) is 25.7 Å². The van der Waals surface area contributed by atoms with Gasteiger partial charge >= 0.3 is 5.97 Å². The van der Waals surface area contributed by atoms with Gasteiger partial charge in [-0.15, -0.1) is 0 Å². The molecule has 0 rings (SSSR count). The number of esters is 1. The Morgan fingerprint density at radius 2 is 0.683 bits per heavy atom. The van der Waals surface area contributed by atoms with Crippen LogP contribution in [0.1, 0.15) is 309 Å². The number of unbranched alkanes of at least 4 members (excludes halogenated alkanes) is 40. The van der Waals surface area contributed by atoms with Crippen LogP contribution < -0.4 is 5.32 Å². The Morgan fingerprint density at radius 1 is 0.400 bits per heavy atom. The average molecular weight is 850 g/mol. The smallest absolute Gasteiger partial charge is 0.305 e. The molecular formula is C54H107NO5. The van der Waals surface area contributed by atoms with Gasteiger partial charge in [0, 0.05) is 12.8 Å². The van der Waals surface area contributed by atoms with E-state index in [0.717, 1.165) is 57.8 Å². The minimum Gasteiger partial charge on any atom is -0.466 e. The van der Waals surface area contributed by atoms with Gasteiger partial charge < -0.3 is 20.3 Å². The van der Waals surface area contributed by atoms with Crippen LogP contribution in [0.2, 0.25) is 0 Å². The molecule has 0 heterocycles. The molecule has 3 N–H and O–H groups in total. The van der Waals surface area contributed by atoms with Crippen molar-refractivity contribution in [2.75, 3.05) is 13.2 Å². The fourth-order valence-electron chi connectivity index (χ4n) is 8.70. The molecule has 0 fully saturated rings. The number of amides is 1. The van der Waals surface area contributed by atoms with Crippen molar-refractivity contribution >= 4 is 11.9 Å². The van der Waals surface area contributed by atoms with E-state index >= 15 is 0 Å². The summed E-state index contributed by atoms with van der Waals surface area (Å²) in [4.78, 5) is 24.5. The molecular weight excluding hydrogens is 743 g/mol. The number of carbonyl (C=O) groups excluding carboxylic acids is 2. The van der Waals surface area contributed by atoms with Crippen molar-refractivity contribution in [3.63, 3.8) is 0 Å². The van der Waals surface area contributed by atoms with Gasteiger partial charge in [0.15, 0.2) is 0 Å². The van der Waals surface area contributed by atoms with Crippen LogP contribution in [-0.2, 0) is 14.3 Å². The lowest BCUT2D eigenvalue weighted by molar-refractivity contribution is -0.143. The Bertz CT molecular complexity index is 852. The number of ether oxygens (including phenoxy) is 1. The molecule has 1 amide bonds. The van der Waals surface area contributed by atoms with Crippen LogP contribution in [0.4, 0.5) is 0 Å². The minimum atomic E-state index is -0.675.